The summed E-state index contributed by atoms with van der Waals surface area (Å²) in [5.41, 5.74) is 0.549. The molecule has 4 nitrogen and oxygen atoms in total. The van der Waals surface area contributed by atoms with Gasteiger partial charge in [-0.05, 0) is 35.8 Å². The van der Waals surface area contributed by atoms with Gasteiger partial charge in [-0.15, -0.1) is 0 Å². The first kappa shape index (κ1) is 20.7. The topological polar surface area (TPSA) is 48.4 Å². The van der Waals surface area contributed by atoms with Gasteiger partial charge in [-0.2, -0.15) is 0 Å². The number of benzene rings is 1. The number of rotatable bonds is 7. The first-order chi connectivity index (χ1) is 12.8. The van der Waals surface area contributed by atoms with E-state index in [1.807, 2.05) is 83.2 Å². The molecular weight excluding hydrogens is 338 g/mol. The number of esters is 1. The lowest BCUT2D eigenvalue weighted by Gasteiger charge is -2.32. The minimum Gasteiger partial charge on any atom is -0.458 e. The highest BCUT2D eigenvalue weighted by atomic mass is 16.6. The molecule has 0 aliphatic heterocycles. The molecule has 1 aromatic carbocycles. The van der Waals surface area contributed by atoms with E-state index in [2.05, 4.69) is 4.98 Å². The number of hydrogen-bond donors (Lipinski definition) is 0. The first-order valence-electron chi connectivity index (χ1n) is 9.29. The van der Waals surface area contributed by atoms with Crippen molar-refractivity contribution in [2.75, 3.05) is 0 Å². The number of hydrogen-bond acceptors (Lipinski definition) is 4. The number of carbonyl (C=O) groups is 1. The van der Waals surface area contributed by atoms with Crippen LogP contribution in [0.4, 0.5) is 0 Å². The molecular formula is C23H29NO3. The molecule has 0 amide bonds. The Hall–Kier alpha value is -2.62. The van der Waals surface area contributed by atoms with Gasteiger partial charge in [0, 0.05) is 24.2 Å². The zero-order valence-electron chi connectivity index (χ0n) is 16.8. The smallest absolute Gasteiger partial charge is 0.306 e. The third kappa shape index (κ3) is 6.89. The molecule has 1 unspecified atom stereocenters. The molecule has 4 heteroatoms. The Morgan fingerprint density at radius 3 is 2.37 bits per heavy atom. The molecule has 1 atom stereocenters. The van der Waals surface area contributed by atoms with Gasteiger partial charge in [0.05, 0.1) is 0 Å². The van der Waals surface area contributed by atoms with Crippen molar-refractivity contribution in [2.45, 2.75) is 47.1 Å². The van der Waals surface area contributed by atoms with Crippen LogP contribution >= 0.6 is 0 Å². The van der Waals surface area contributed by atoms with Crippen LogP contribution in [0.3, 0.4) is 0 Å². The van der Waals surface area contributed by atoms with Gasteiger partial charge in [-0.1, -0.05) is 58.9 Å². The summed E-state index contributed by atoms with van der Waals surface area (Å²) >= 11 is 0. The molecule has 0 saturated heterocycles. The Bertz CT molecular complexity index is 746. The van der Waals surface area contributed by atoms with Crippen molar-refractivity contribution < 1.29 is 14.3 Å². The van der Waals surface area contributed by atoms with E-state index in [0.29, 0.717) is 17.9 Å². The summed E-state index contributed by atoms with van der Waals surface area (Å²) in [6.07, 6.45) is 5.21. The lowest BCUT2D eigenvalue weighted by Crippen LogP contribution is -2.35. The van der Waals surface area contributed by atoms with Crippen molar-refractivity contribution in [1.29, 1.82) is 0 Å². The summed E-state index contributed by atoms with van der Waals surface area (Å²) in [4.78, 5) is 16.6. The average Bonchev–Trinajstić information content (AvgIpc) is 2.59. The van der Waals surface area contributed by atoms with Crippen LogP contribution in [-0.2, 0) is 9.53 Å². The molecule has 0 fully saturated rings. The van der Waals surface area contributed by atoms with E-state index in [9.17, 15) is 4.79 Å². The lowest BCUT2D eigenvalue weighted by atomic mass is 9.87. The van der Waals surface area contributed by atoms with E-state index < -0.39 is 6.10 Å². The number of carbonyl (C=O) groups excluding carboxylic acids is 1. The highest BCUT2D eigenvalue weighted by molar-refractivity contribution is 5.70. The van der Waals surface area contributed by atoms with Crippen LogP contribution < -0.4 is 4.74 Å². The Balaban J connectivity index is 2.40. The molecule has 144 valence electrons. The van der Waals surface area contributed by atoms with Crippen molar-refractivity contribution in [3.63, 3.8) is 0 Å². The minimum absolute atomic E-state index is 0.223. The first-order valence-corrected chi connectivity index (χ1v) is 9.29. The minimum atomic E-state index is -0.524. The summed E-state index contributed by atoms with van der Waals surface area (Å²) in [6.45, 7) is 10.1. The van der Waals surface area contributed by atoms with Crippen molar-refractivity contribution in [3.8, 4) is 5.75 Å². The average molecular weight is 367 g/mol. The zero-order chi connectivity index (χ0) is 19.9. The summed E-state index contributed by atoms with van der Waals surface area (Å²) in [5.74, 6) is 1.29. The quantitative estimate of drug-likeness (QED) is 0.478. The fraction of sp³-hybridized carbons (Fsp3) is 0.391. The Morgan fingerprint density at radius 1 is 1.11 bits per heavy atom. The van der Waals surface area contributed by atoms with Crippen LogP contribution in [0.15, 0.2) is 60.6 Å². The van der Waals surface area contributed by atoms with E-state index in [4.69, 9.17) is 9.47 Å². The summed E-state index contributed by atoms with van der Waals surface area (Å²) in [7, 11) is 0. The zero-order valence-corrected chi connectivity index (χ0v) is 16.8. The summed E-state index contributed by atoms with van der Waals surface area (Å²) < 4.78 is 12.0. The molecule has 0 bridgehead atoms. The summed E-state index contributed by atoms with van der Waals surface area (Å²) in [5, 5.41) is 0. The van der Waals surface area contributed by atoms with E-state index >= 15 is 0 Å². The molecule has 0 spiro atoms. The number of nitrogens with zero attached hydrogens (tertiary/aromatic N) is 1. The van der Waals surface area contributed by atoms with Gasteiger partial charge >= 0.3 is 5.97 Å². The number of para-hydroxylation sites is 1. The molecule has 1 heterocycles. The molecule has 2 aromatic rings. The molecule has 0 aliphatic rings. The second kappa shape index (κ2) is 9.36. The number of pyridine rings is 1. The summed E-state index contributed by atoms with van der Waals surface area (Å²) in [6, 6.07) is 13.3. The fourth-order valence-corrected chi connectivity index (χ4v) is 2.58. The van der Waals surface area contributed by atoms with E-state index in [1.165, 1.54) is 0 Å². The van der Waals surface area contributed by atoms with E-state index in [1.54, 1.807) is 12.4 Å². The van der Waals surface area contributed by atoms with Crippen molar-refractivity contribution >= 4 is 12.0 Å². The van der Waals surface area contributed by atoms with E-state index in [0.717, 1.165) is 5.56 Å². The monoisotopic (exact) mass is 367 g/mol. The van der Waals surface area contributed by atoms with Gasteiger partial charge in [0.25, 0.3) is 0 Å². The molecule has 27 heavy (non-hydrogen) atoms. The van der Waals surface area contributed by atoms with Crippen molar-refractivity contribution in [2.24, 2.45) is 11.3 Å². The molecule has 1 aromatic heterocycles. The Kier molecular flexibility index (Phi) is 7.17. The second-order valence-electron chi connectivity index (χ2n) is 8.08. The van der Waals surface area contributed by atoms with Crippen LogP contribution in [0, 0.1) is 11.3 Å². The normalized spacial score (nSPS) is 13.3. The van der Waals surface area contributed by atoms with Crippen molar-refractivity contribution in [3.05, 3.63) is 66.2 Å². The lowest BCUT2D eigenvalue weighted by molar-refractivity contribution is -0.154. The van der Waals surface area contributed by atoms with Crippen molar-refractivity contribution in [1.82, 2.24) is 4.98 Å². The highest BCUT2D eigenvalue weighted by Crippen LogP contribution is 2.31. The predicted octanol–water partition coefficient (Wildman–Crippen LogP) is 5.51. The maximum atomic E-state index is 12.4. The van der Waals surface area contributed by atoms with Gasteiger partial charge in [0.1, 0.15) is 11.5 Å². The molecule has 0 aliphatic carbocycles. The van der Waals surface area contributed by atoms with E-state index in [-0.39, 0.29) is 17.3 Å². The molecule has 2 rings (SSSR count). The largest absolute Gasteiger partial charge is 0.458 e. The number of ether oxygens (including phenoxy) is 2. The Morgan fingerprint density at radius 2 is 1.81 bits per heavy atom. The Labute approximate surface area is 162 Å². The highest BCUT2D eigenvalue weighted by Gasteiger charge is 2.34. The third-order valence-corrected chi connectivity index (χ3v) is 3.84. The predicted molar refractivity (Wildman–Crippen MR) is 108 cm³/mol. The molecule has 0 N–H and O–H groups in total. The van der Waals surface area contributed by atoms with Crippen LogP contribution in [0.25, 0.3) is 6.08 Å². The maximum Gasteiger partial charge on any atom is 0.306 e. The van der Waals surface area contributed by atoms with Crippen LogP contribution in [0.1, 0.15) is 46.6 Å². The van der Waals surface area contributed by atoms with Gasteiger partial charge in [-0.25, -0.2) is 0 Å². The van der Waals surface area contributed by atoms with Crippen LogP contribution in [0.2, 0.25) is 0 Å². The van der Waals surface area contributed by atoms with Gasteiger partial charge in [0.2, 0.25) is 0 Å². The molecule has 0 saturated carbocycles. The van der Waals surface area contributed by atoms with Gasteiger partial charge < -0.3 is 9.47 Å². The number of aromatic nitrogens is 1. The van der Waals surface area contributed by atoms with Crippen LogP contribution in [-0.4, -0.2) is 17.1 Å². The standard InChI is InChI=1S/C23H29NO3/c1-17(2)14-21(25)27-22(23(3,4)5)20(15-18-10-9-13-24-16-18)26-19-11-7-6-8-12-19/h6-13,15-17,22H,14H2,1-5H3/b20-15-. The van der Waals surface area contributed by atoms with Gasteiger partial charge in [-0.3, -0.25) is 9.78 Å². The van der Waals surface area contributed by atoms with Crippen LogP contribution in [0.5, 0.6) is 5.75 Å². The van der Waals surface area contributed by atoms with Gasteiger partial charge in [0.15, 0.2) is 6.10 Å². The second-order valence-corrected chi connectivity index (χ2v) is 8.08. The fourth-order valence-electron chi connectivity index (χ4n) is 2.58. The third-order valence-electron chi connectivity index (χ3n) is 3.84. The maximum absolute atomic E-state index is 12.4. The molecule has 0 radical (unpaired) electrons. The SMILES string of the molecule is CC(C)CC(=O)OC(/C(=C/c1cccnc1)Oc1ccccc1)C(C)(C)C.